The third-order valence-electron chi connectivity index (χ3n) is 4.08. The highest BCUT2D eigenvalue weighted by molar-refractivity contribution is 7.99. The van der Waals surface area contributed by atoms with Crippen LogP contribution in [-0.4, -0.2) is 50.0 Å². The highest BCUT2D eigenvalue weighted by atomic mass is 32.2. The molecule has 1 aliphatic heterocycles. The van der Waals surface area contributed by atoms with Crippen LogP contribution in [0.15, 0.2) is 29.6 Å². The van der Waals surface area contributed by atoms with Gasteiger partial charge in [0.25, 0.3) is 0 Å². The largest absolute Gasteiger partial charge is 0.304 e. The molecule has 1 atom stereocenters. The molecular formula is C15H21N5S. The predicted molar refractivity (Wildman–Crippen MR) is 85.2 cm³/mol. The van der Waals surface area contributed by atoms with Gasteiger partial charge in [-0.25, -0.2) is 0 Å². The fourth-order valence-electron chi connectivity index (χ4n) is 2.79. The van der Waals surface area contributed by atoms with Gasteiger partial charge in [-0.15, -0.1) is 10.2 Å². The molecular weight excluding hydrogens is 282 g/mol. The fraction of sp³-hybridized carbons (Fsp3) is 0.533. The summed E-state index contributed by atoms with van der Waals surface area (Å²) in [5, 5.41) is 9.54. The molecule has 0 aromatic carbocycles. The summed E-state index contributed by atoms with van der Waals surface area (Å²) < 4.78 is 2.03. The van der Waals surface area contributed by atoms with Crippen LogP contribution in [0.5, 0.6) is 0 Å². The van der Waals surface area contributed by atoms with Crippen LogP contribution in [0.4, 0.5) is 0 Å². The van der Waals surface area contributed by atoms with E-state index in [2.05, 4.69) is 27.1 Å². The lowest BCUT2D eigenvalue weighted by atomic mass is 10.2. The normalized spacial score (nSPS) is 19.2. The Labute approximate surface area is 129 Å². The van der Waals surface area contributed by atoms with Gasteiger partial charge in [0.1, 0.15) is 5.69 Å². The first-order valence-corrected chi connectivity index (χ1v) is 8.38. The fourth-order valence-corrected chi connectivity index (χ4v) is 3.74. The molecule has 1 unspecified atom stereocenters. The molecule has 21 heavy (non-hydrogen) atoms. The average Bonchev–Trinajstić information content (AvgIpc) is 3.07. The molecule has 3 rings (SSSR count). The second kappa shape index (κ2) is 6.58. The minimum atomic E-state index is 0.737. The first kappa shape index (κ1) is 14.5. The lowest BCUT2D eigenvalue weighted by molar-refractivity contribution is 0.305. The Morgan fingerprint density at radius 1 is 1.29 bits per heavy atom. The van der Waals surface area contributed by atoms with E-state index in [-0.39, 0.29) is 0 Å². The maximum atomic E-state index is 4.34. The van der Waals surface area contributed by atoms with Crippen LogP contribution >= 0.6 is 11.8 Å². The van der Waals surface area contributed by atoms with Crippen LogP contribution in [0.25, 0.3) is 11.5 Å². The Hall–Kier alpha value is -1.40. The molecule has 1 fully saturated rings. The molecule has 112 valence electrons. The smallest absolute Gasteiger partial charge is 0.191 e. The third kappa shape index (κ3) is 3.27. The maximum Gasteiger partial charge on any atom is 0.191 e. The number of rotatable bonds is 5. The van der Waals surface area contributed by atoms with Crippen molar-refractivity contribution < 1.29 is 0 Å². The SMILES string of the molecule is CN1CCCC1CCSc1nnc(-c2ccccn2)n1C. The molecule has 0 bridgehead atoms. The number of nitrogens with zero attached hydrogens (tertiary/aromatic N) is 5. The summed E-state index contributed by atoms with van der Waals surface area (Å²) in [7, 11) is 4.23. The number of likely N-dealkylation sites (tertiary alicyclic amines) is 1. The Bertz CT molecular complexity index is 583. The van der Waals surface area contributed by atoms with Gasteiger partial charge in [-0.05, 0) is 45.0 Å². The monoisotopic (exact) mass is 303 g/mol. The Kier molecular flexibility index (Phi) is 4.55. The van der Waals surface area contributed by atoms with Crippen LogP contribution in [0.1, 0.15) is 19.3 Å². The van der Waals surface area contributed by atoms with Crippen molar-refractivity contribution in [3.8, 4) is 11.5 Å². The van der Waals surface area contributed by atoms with Crippen LogP contribution in [0, 0.1) is 0 Å². The van der Waals surface area contributed by atoms with E-state index < -0.39 is 0 Å². The molecule has 1 saturated heterocycles. The van der Waals surface area contributed by atoms with Crippen molar-refractivity contribution in [3.05, 3.63) is 24.4 Å². The standard InChI is InChI=1S/C15H21N5S/c1-19-10-5-6-12(19)8-11-21-15-18-17-14(20(15)2)13-7-3-4-9-16-13/h3-4,7,9,12H,5-6,8,10-11H2,1-2H3. The molecule has 0 aliphatic carbocycles. The van der Waals surface area contributed by atoms with E-state index in [0.717, 1.165) is 28.5 Å². The van der Waals surface area contributed by atoms with Crippen molar-refractivity contribution in [2.45, 2.75) is 30.5 Å². The van der Waals surface area contributed by atoms with E-state index in [0.29, 0.717) is 0 Å². The molecule has 2 aromatic rings. The van der Waals surface area contributed by atoms with Gasteiger partial charge in [0.2, 0.25) is 0 Å². The summed E-state index contributed by atoms with van der Waals surface area (Å²) in [6.45, 7) is 1.24. The van der Waals surface area contributed by atoms with Gasteiger partial charge in [-0.2, -0.15) is 0 Å². The second-order valence-corrected chi connectivity index (χ2v) is 6.56. The van der Waals surface area contributed by atoms with E-state index in [9.17, 15) is 0 Å². The summed E-state index contributed by atoms with van der Waals surface area (Å²) in [6.07, 6.45) is 5.66. The molecule has 1 aliphatic rings. The lowest BCUT2D eigenvalue weighted by Gasteiger charge is -2.18. The number of thioether (sulfide) groups is 1. The second-order valence-electron chi connectivity index (χ2n) is 5.49. The van der Waals surface area contributed by atoms with Crippen molar-refractivity contribution in [2.75, 3.05) is 19.3 Å². The zero-order valence-electron chi connectivity index (χ0n) is 12.6. The number of aromatic nitrogens is 4. The zero-order chi connectivity index (χ0) is 14.7. The molecule has 5 nitrogen and oxygen atoms in total. The number of pyridine rings is 1. The van der Waals surface area contributed by atoms with Crippen molar-refractivity contribution in [2.24, 2.45) is 7.05 Å². The van der Waals surface area contributed by atoms with Crippen LogP contribution in [0.2, 0.25) is 0 Å². The van der Waals surface area contributed by atoms with E-state index in [4.69, 9.17) is 0 Å². The highest BCUT2D eigenvalue weighted by Crippen LogP contribution is 2.24. The highest BCUT2D eigenvalue weighted by Gasteiger charge is 2.20. The van der Waals surface area contributed by atoms with E-state index in [1.165, 1.54) is 25.8 Å². The first-order valence-electron chi connectivity index (χ1n) is 7.39. The van der Waals surface area contributed by atoms with Gasteiger partial charge < -0.3 is 9.47 Å². The molecule has 0 amide bonds. The molecule has 3 heterocycles. The summed E-state index contributed by atoms with van der Waals surface area (Å²) in [6, 6.07) is 6.58. The molecule has 6 heteroatoms. The van der Waals surface area contributed by atoms with Crippen molar-refractivity contribution in [1.82, 2.24) is 24.6 Å². The maximum absolute atomic E-state index is 4.34. The van der Waals surface area contributed by atoms with Crippen molar-refractivity contribution in [3.63, 3.8) is 0 Å². The van der Waals surface area contributed by atoms with Gasteiger partial charge in [0.05, 0.1) is 0 Å². The van der Waals surface area contributed by atoms with E-state index >= 15 is 0 Å². The van der Waals surface area contributed by atoms with Gasteiger partial charge in [-0.3, -0.25) is 4.98 Å². The Morgan fingerprint density at radius 2 is 2.19 bits per heavy atom. The number of hydrogen-bond acceptors (Lipinski definition) is 5. The molecule has 0 saturated carbocycles. The third-order valence-corrected chi connectivity index (χ3v) is 5.14. The van der Waals surface area contributed by atoms with Gasteiger partial charge >= 0.3 is 0 Å². The summed E-state index contributed by atoms with van der Waals surface area (Å²) in [5.41, 5.74) is 0.870. The number of hydrogen-bond donors (Lipinski definition) is 0. The average molecular weight is 303 g/mol. The molecule has 0 N–H and O–H groups in total. The van der Waals surface area contributed by atoms with Gasteiger partial charge in [0.15, 0.2) is 11.0 Å². The van der Waals surface area contributed by atoms with Crippen LogP contribution in [0.3, 0.4) is 0 Å². The summed E-state index contributed by atoms with van der Waals surface area (Å²) in [4.78, 5) is 6.81. The minimum absolute atomic E-state index is 0.737. The predicted octanol–water partition coefficient (Wildman–Crippen LogP) is 2.45. The van der Waals surface area contributed by atoms with Crippen LogP contribution in [-0.2, 0) is 7.05 Å². The molecule has 0 spiro atoms. The zero-order valence-corrected chi connectivity index (χ0v) is 13.4. The topological polar surface area (TPSA) is 46.8 Å². The van der Waals surface area contributed by atoms with Crippen molar-refractivity contribution >= 4 is 11.8 Å². The quantitative estimate of drug-likeness (QED) is 0.794. The van der Waals surface area contributed by atoms with E-state index in [1.807, 2.05) is 29.8 Å². The van der Waals surface area contributed by atoms with Gasteiger partial charge in [0, 0.05) is 25.0 Å². The molecule has 0 radical (unpaired) electrons. The molecule has 2 aromatic heterocycles. The Morgan fingerprint density at radius 3 is 2.90 bits per heavy atom. The summed E-state index contributed by atoms with van der Waals surface area (Å²) >= 11 is 1.79. The summed E-state index contributed by atoms with van der Waals surface area (Å²) in [5.74, 6) is 1.92. The Balaban J connectivity index is 1.61. The van der Waals surface area contributed by atoms with Crippen LogP contribution < -0.4 is 0 Å². The van der Waals surface area contributed by atoms with E-state index in [1.54, 1.807) is 18.0 Å². The van der Waals surface area contributed by atoms with Crippen molar-refractivity contribution in [1.29, 1.82) is 0 Å². The first-order chi connectivity index (χ1) is 10.3. The minimum Gasteiger partial charge on any atom is -0.304 e. The van der Waals surface area contributed by atoms with Gasteiger partial charge in [-0.1, -0.05) is 17.8 Å². The lowest BCUT2D eigenvalue weighted by Crippen LogP contribution is -2.25.